The third-order valence-electron chi connectivity index (χ3n) is 1.91. The summed E-state index contributed by atoms with van der Waals surface area (Å²) < 4.78 is 9.39. The number of rotatable bonds is 3. The van der Waals surface area contributed by atoms with Gasteiger partial charge in [0.1, 0.15) is 5.92 Å². The zero-order valence-corrected chi connectivity index (χ0v) is 8.43. The Bertz CT molecular complexity index is 295. The molecular weight excluding hydrogens is 204 g/mol. The van der Waals surface area contributed by atoms with Gasteiger partial charge in [-0.2, -0.15) is 0 Å². The molecule has 1 saturated heterocycles. The lowest BCUT2D eigenvalue weighted by atomic mass is 10.0. The lowest BCUT2D eigenvalue weighted by Crippen LogP contribution is -2.34. The Hall–Kier alpha value is -1.59. The van der Waals surface area contributed by atoms with Crippen molar-refractivity contribution in [2.45, 2.75) is 32.5 Å². The molecule has 0 aromatic heterocycles. The molecule has 1 rings (SSSR count). The fourth-order valence-electron chi connectivity index (χ4n) is 1.29. The van der Waals surface area contributed by atoms with E-state index in [0.29, 0.717) is 0 Å². The minimum Gasteiger partial charge on any atom is -0.481 e. The first kappa shape index (κ1) is 11.5. The molecule has 0 aromatic rings. The van der Waals surface area contributed by atoms with E-state index >= 15 is 0 Å². The summed E-state index contributed by atoms with van der Waals surface area (Å²) in [5, 5.41) is 8.74. The molecule has 1 fully saturated rings. The van der Waals surface area contributed by atoms with Crippen LogP contribution in [-0.2, 0) is 23.9 Å². The van der Waals surface area contributed by atoms with Gasteiger partial charge in [0.25, 0.3) is 0 Å². The van der Waals surface area contributed by atoms with Crippen LogP contribution in [0.25, 0.3) is 0 Å². The van der Waals surface area contributed by atoms with Gasteiger partial charge in [-0.15, -0.1) is 0 Å². The van der Waals surface area contributed by atoms with Crippen LogP contribution in [0, 0.1) is 5.92 Å². The van der Waals surface area contributed by atoms with Gasteiger partial charge in [0.15, 0.2) is 0 Å². The zero-order chi connectivity index (χ0) is 11.6. The molecule has 1 N–H and O–H groups in total. The number of esters is 2. The fraction of sp³-hybridized carbons (Fsp3) is 0.667. The normalized spacial score (nSPS) is 25.1. The van der Waals surface area contributed by atoms with E-state index in [1.54, 1.807) is 13.8 Å². The summed E-state index contributed by atoms with van der Waals surface area (Å²) in [5.41, 5.74) is 0. The molecule has 0 aromatic carbocycles. The highest BCUT2D eigenvalue weighted by Gasteiger charge is 2.45. The molecule has 0 spiro atoms. The molecule has 1 aliphatic heterocycles. The average molecular weight is 216 g/mol. The second-order valence-corrected chi connectivity index (χ2v) is 3.54. The summed E-state index contributed by atoms with van der Waals surface area (Å²) in [6.45, 7) is 3.26. The Kier molecular flexibility index (Phi) is 3.28. The number of carboxylic acids is 1. The number of carbonyl (C=O) groups excluding carboxylic acids is 2. The van der Waals surface area contributed by atoms with E-state index in [4.69, 9.17) is 9.84 Å². The van der Waals surface area contributed by atoms with Crippen LogP contribution < -0.4 is 0 Å². The summed E-state index contributed by atoms with van der Waals surface area (Å²) in [5.74, 6) is -3.85. The van der Waals surface area contributed by atoms with Crippen LogP contribution in [0.2, 0.25) is 0 Å². The lowest BCUT2D eigenvalue weighted by Gasteiger charge is -2.14. The standard InChI is InChI=1S/C9H12O6/c1-4(2)14-9(13)7-5(8(11)12)3-6(10)15-7/h4-5,7H,3H2,1-2H3,(H,11,12)/t5-,7+/m0/s1. The van der Waals surface area contributed by atoms with Crippen molar-refractivity contribution >= 4 is 17.9 Å². The van der Waals surface area contributed by atoms with Gasteiger partial charge in [-0.25, -0.2) is 4.79 Å². The van der Waals surface area contributed by atoms with Gasteiger partial charge >= 0.3 is 17.9 Å². The maximum Gasteiger partial charge on any atom is 0.348 e. The van der Waals surface area contributed by atoms with Crippen molar-refractivity contribution in [1.29, 1.82) is 0 Å². The van der Waals surface area contributed by atoms with Crippen molar-refractivity contribution in [3.8, 4) is 0 Å². The zero-order valence-electron chi connectivity index (χ0n) is 8.43. The van der Waals surface area contributed by atoms with E-state index in [1.807, 2.05) is 0 Å². The van der Waals surface area contributed by atoms with Crippen LogP contribution >= 0.6 is 0 Å². The molecular formula is C9H12O6. The molecule has 0 aliphatic carbocycles. The molecule has 6 nitrogen and oxygen atoms in total. The Labute approximate surface area is 86.2 Å². The smallest absolute Gasteiger partial charge is 0.348 e. The van der Waals surface area contributed by atoms with Crippen LogP contribution in [-0.4, -0.2) is 35.2 Å². The van der Waals surface area contributed by atoms with Gasteiger partial charge in [0.2, 0.25) is 6.10 Å². The van der Waals surface area contributed by atoms with Crippen LogP contribution in [0.15, 0.2) is 0 Å². The summed E-state index contributed by atoms with van der Waals surface area (Å²) in [4.78, 5) is 32.9. The minimum absolute atomic E-state index is 0.285. The van der Waals surface area contributed by atoms with Crippen molar-refractivity contribution in [3.05, 3.63) is 0 Å². The van der Waals surface area contributed by atoms with E-state index in [9.17, 15) is 14.4 Å². The molecule has 2 atom stereocenters. The van der Waals surface area contributed by atoms with E-state index in [-0.39, 0.29) is 12.5 Å². The van der Waals surface area contributed by atoms with Gasteiger partial charge in [0, 0.05) is 0 Å². The maximum absolute atomic E-state index is 11.4. The van der Waals surface area contributed by atoms with E-state index in [1.165, 1.54) is 0 Å². The second-order valence-electron chi connectivity index (χ2n) is 3.54. The highest BCUT2D eigenvalue weighted by atomic mass is 16.6. The number of aliphatic carboxylic acids is 1. The average Bonchev–Trinajstić information content (AvgIpc) is 2.46. The number of hydrogen-bond donors (Lipinski definition) is 1. The number of carbonyl (C=O) groups is 3. The van der Waals surface area contributed by atoms with Crippen LogP contribution in [0.3, 0.4) is 0 Å². The maximum atomic E-state index is 11.4. The Morgan fingerprint density at radius 1 is 1.53 bits per heavy atom. The number of ether oxygens (including phenoxy) is 2. The highest BCUT2D eigenvalue weighted by Crippen LogP contribution is 2.23. The summed E-state index contributed by atoms with van der Waals surface area (Å²) >= 11 is 0. The van der Waals surface area contributed by atoms with Crippen LogP contribution in [0.4, 0.5) is 0 Å². The summed E-state index contributed by atoms with van der Waals surface area (Å²) in [6, 6.07) is 0. The highest BCUT2D eigenvalue weighted by molar-refractivity contribution is 5.91. The summed E-state index contributed by atoms with van der Waals surface area (Å²) in [6.07, 6.45) is -1.96. The molecule has 0 bridgehead atoms. The third-order valence-corrected chi connectivity index (χ3v) is 1.91. The van der Waals surface area contributed by atoms with Crippen molar-refractivity contribution in [2.24, 2.45) is 5.92 Å². The Morgan fingerprint density at radius 2 is 2.13 bits per heavy atom. The van der Waals surface area contributed by atoms with Gasteiger partial charge in [-0.3, -0.25) is 9.59 Å². The third kappa shape index (κ3) is 2.68. The van der Waals surface area contributed by atoms with Crippen LogP contribution in [0.5, 0.6) is 0 Å². The quantitative estimate of drug-likeness (QED) is 0.665. The molecule has 0 saturated carbocycles. The largest absolute Gasteiger partial charge is 0.481 e. The molecule has 15 heavy (non-hydrogen) atoms. The SMILES string of the molecule is CC(C)OC(=O)[C@@H]1OC(=O)C[C@@H]1C(=O)O. The second kappa shape index (κ2) is 4.29. The fourth-order valence-corrected chi connectivity index (χ4v) is 1.29. The number of carboxylic acid groups (broad SMARTS) is 1. The van der Waals surface area contributed by atoms with Gasteiger partial charge in [0.05, 0.1) is 12.5 Å². The molecule has 84 valence electrons. The molecule has 0 radical (unpaired) electrons. The molecule has 0 amide bonds. The van der Waals surface area contributed by atoms with E-state index in [2.05, 4.69) is 4.74 Å². The predicted molar refractivity (Wildman–Crippen MR) is 46.9 cm³/mol. The molecule has 6 heteroatoms. The number of cyclic esters (lactones) is 1. The molecule has 0 unspecified atom stereocenters. The van der Waals surface area contributed by atoms with Gasteiger partial charge in [-0.05, 0) is 13.8 Å². The lowest BCUT2D eigenvalue weighted by molar-refractivity contribution is -0.168. The van der Waals surface area contributed by atoms with Gasteiger partial charge < -0.3 is 14.6 Å². The van der Waals surface area contributed by atoms with E-state index < -0.39 is 29.9 Å². The molecule has 1 heterocycles. The first-order valence-corrected chi connectivity index (χ1v) is 4.54. The monoisotopic (exact) mass is 216 g/mol. The molecule has 1 aliphatic rings. The Balaban J connectivity index is 2.70. The minimum atomic E-state index is -1.31. The topological polar surface area (TPSA) is 89.9 Å². The van der Waals surface area contributed by atoms with Crippen molar-refractivity contribution < 1.29 is 29.0 Å². The van der Waals surface area contributed by atoms with Gasteiger partial charge in [-0.1, -0.05) is 0 Å². The van der Waals surface area contributed by atoms with Crippen molar-refractivity contribution in [2.75, 3.05) is 0 Å². The van der Waals surface area contributed by atoms with E-state index in [0.717, 1.165) is 0 Å². The number of hydrogen-bond acceptors (Lipinski definition) is 5. The van der Waals surface area contributed by atoms with Crippen molar-refractivity contribution in [1.82, 2.24) is 0 Å². The predicted octanol–water partition coefficient (Wildman–Crippen LogP) is -0.0457. The summed E-state index contributed by atoms with van der Waals surface area (Å²) in [7, 11) is 0. The van der Waals surface area contributed by atoms with Crippen LogP contribution in [0.1, 0.15) is 20.3 Å². The Morgan fingerprint density at radius 3 is 2.60 bits per heavy atom. The first-order valence-electron chi connectivity index (χ1n) is 4.54. The first-order chi connectivity index (χ1) is 6.91. The van der Waals surface area contributed by atoms with Crippen molar-refractivity contribution in [3.63, 3.8) is 0 Å².